The van der Waals surface area contributed by atoms with E-state index < -0.39 is 0 Å². The minimum atomic E-state index is -0.190. The van der Waals surface area contributed by atoms with Gasteiger partial charge < -0.3 is 10.1 Å². The highest BCUT2D eigenvalue weighted by Gasteiger charge is 2.22. The van der Waals surface area contributed by atoms with Gasteiger partial charge in [-0.15, -0.1) is 0 Å². The number of nitrogens with one attached hydrogen (secondary N) is 1. The number of alkyl halides is 1. The van der Waals surface area contributed by atoms with Crippen LogP contribution in [0.2, 0.25) is 0 Å². The van der Waals surface area contributed by atoms with Crippen molar-refractivity contribution in [3.63, 3.8) is 0 Å². The van der Waals surface area contributed by atoms with E-state index in [0.29, 0.717) is 11.0 Å². The van der Waals surface area contributed by atoms with Gasteiger partial charge >= 0.3 is 0 Å². The Morgan fingerprint density at radius 1 is 1.24 bits per heavy atom. The summed E-state index contributed by atoms with van der Waals surface area (Å²) in [6.45, 7) is 11.2. The highest BCUT2D eigenvalue weighted by atomic mass is 127. The molecule has 0 rings (SSSR count). The Bertz CT molecular complexity index is 240. The molecule has 0 aliphatic rings. The first-order chi connectivity index (χ1) is 7.72. The van der Waals surface area contributed by atoms with Gasteiger partial charge in [0.1, 0.15) is 0 Å². The Morgan fingerprint density at radius 2 is 1.82 bits per heavy atom. The van der Waals surface area contributed by atoms with Crippen LogP contribution in [-0.2, 0) is 9.53 Å². The molecule has 0 aliphatic heterocycles. The topological polar surface area (TPSA) is 38.3 Å². The van der Waals surface area contributed by atoms with E-state index in [1.165, 1.54) is 0 Å². The SMILES string of the molecule is CCCC(C)(C)OCCC(C)(C)NC(=O)CI. The van der Waals surface area contributed by atoms with E-state index in [2.05, 4.69) is 48.7 Å². The zero-order chi connectivity index (χ0) is 13.5. The lowest BCUT2D eigenvalue weighted by Crippen LogP contribution is -2.45. The van der Waals surface area contributed by atoms with Crippen molar-refractivity contribution in [2.75, 3.05) is 11.0 Å². The van der Waals surface area contributed by atoms with Crippen LogP contribution in [0.5, 0.6) is 0 Å². The number of ether oxygens (including phenoxy) is 1. The minimum Gasteiger partial charge on any atom is -0.375 e. The third-order valence-electron chi connectivity index (χ3n) is 2.67. The second-order valence-electron chi connectivity index (χ2n) is 5.67. The predicted molar refractivity (Wildman–Crippen MR) is 80.7 cm³/mol. The van der Waals surface area contributed by atoms with Crippen LogP contribution >= 0.6 is 22.6 Å². The van der Waals surface area contributed by atoms with Crippen LogP contribution in [0, 0.1) is 0 Å². The summed E-state index contributed by atoms with van der Waals surface area (Å²) < 4.78 is 6.37. The summed E-state index contributed by atoms with van der Waals surface area (Å²) in [4.78, 5) is 11.3. The van der Waals surface area contributed by atoms with E-state index in [-0.39, 0.29) is 17.0 Å². The fourth-order valence-electron chi connectivity index (χ4n) is 1.73. The summed E-state index contributed by atoms with van der Waals surface area (Å²) in [6, 6.07) is 0. The van der Waals surface area contributed by atoms with Gasteiger partial charge in [0.2, 0.25) is 5.91 Å². The number of rotatable bonds is 8. The average molecular weight is 355 g/mol. The maximum absolute atomic E-state index is 11.3. The number of hydrogen-bond donors (Lipinski definition) is 1. The molecule has 0 radical (unpaired) electrons. The van der Waals surface area contributed by atoms with Crippen LogP contribution in [0.25, 0.3) is 0 Å². The van der Waals surface area contributed by atoms with E-state index in [9.17, 15) is 4.79 Å². The smallest absolute Gasteiger partial charge is 0.230 e. The molecule has 0 atom stereocenters. The van der Waals surface area contributed by atoms with Gasteiger partial charge in [0.15, 0.2) is 0 Å². The molecular formula is C13H26INO2. The van der Waals surface area contributed by atoms with E-state index in [0.717, 1.165) is 19.3 Å². The molecule has 0 unspecified atom stereocenters. The summed E-state index contributed by atoms with van der Waals surface area (Å²) in [5.41, 5.74) is -0.247. The normalized spacial score (nSPS) is 12.6. The maximum Gasteiger partial charge on any atom is 0.230 e. The largest absolute Gasteiger partial charge is 0.375 e. The second kappa shape index (κ2) is 7.56. The van der Waals surface area contributed by atoms with E-state index in [1.54, 1.807) is 0 Å². The second-order valence-corrected chi connectivity index (χ2v) is 6.44. The molecule has 0 aromatic rings. The van der Waals surface area contributed by atoms with Crippen LogP contribution in [-0.4, -0.2) is 28.1 Å². The molecule has 0 fully saturated rings. The predicted octanol–water partition coefficient (Wildman–Crippen LogP) is 3.30. The molecule has 17 heavy (non-hydrogen) atoms. The van der Waals surface area contributed by atoms with Crippen LogP contribution in [0.4, 0.5) is 0 Å². The summed E-state index contributed by atoms with van der Waals surface area (Å²) in [5.74, 6) is 0.0865. The molecule has 0 saturated carbocycles. The van der Waals surface area contributed by atoms with E-state index in [1.807, 2.05) is 13.8 Å². The lowest BCUT2D eigenvalue weighted by Gasteiger charge is -2.30. The Balaban J connectivity index is 3.98. The molecule has 1 amide bonds. The van der Waals surface area contributed by atoms with Crippen LogP contribution in [0.3, 0.4) is 0 Å². The maximum atomic E-state index is 11.3. The van der Waals surface area contributed by atoms with Crippen LogP contribution in [0.15, 0.2) is 0 Å². The summed E-state index contributed by atoms with van der Waals surface area (Å²) in [7, 11) is 0. The molecule has 0 aromatic heterocycles. The van der Waals surface area contributed by atoms with Crippen LogP contribution in [0.1, 0.15) is 53.9 Å². The van der Waals surface area contributed by atoms with Gasteiger partial charge in [-0.05, 0) is 40.5 Å². The van der Waals surface area contributed by atoms with Crippen molar-refractivity contribution in [2.24, 2.45) is 0 Å². The zero-order valence-electron chi connectivity index (χ0n) is 11.7. The highest BCUT2D eigenvalue weighted by Crippen LogP contribution is 2.18. The molecule has 0 aromatic carbocycles. The summed E-state index contributed by atoms with van der Waals surface area (Å²) >= 11 is 2.07. The molecule has 4 heteroatoms. The molecule has 0 aliphatic carbocycles. The number of amides is 1. The van der Waals surface area contributed by atoms with Crippen LogP contribution < -0.4 is 5.32 Å². The standard InChI is InChI=1S/C13H26INO2/c1-6-7-13(4,5)17-9-8-12(2,3)15-11(16)10-14/h6-10H2,1-5H3,(H,15,16). The highest BCUT2D eigenvalue weighted by molar-refractivity contribution is 14.1. The van der Waals surface area contributed by atoms with Gasteiger partial charge in [-0.3, -0.25) is 4.79 Å². The summed E-state index contributed by atoms with van der Waals surface area (Å²) in [5, 5.41) is 3.00. The fraction of sp³-hybridized carbons (Fsp3) is 0.923. The number of carbonyl (C=O) groups is 1. The first-order valence-electron chi connectivity index (χ1n) is 6.23. The third-order valence-corrected chi connectivity index (χ3v) is 3.36. The Hall–Kier alpha value is 0.160. The number of halogens is 1. The Kier molecular flexibility index (Phi) is 7.63. The third kappa shape index (κ3) is 8.83. The van der Waals surface area contributed by atoms with Gasteiger partial charge in [-0.1, -0.05) is 35.9 Å². The molecule has 3 nitrogen and oxygen atoms in total. The molecule has 0 spiro atoms. The van der Waals surface area contributed by atoms with Gasteiger partial charge in [-0.2, -0.15) is 0 Å². The van der Waals surface area contributed by atoms with Crippen molar-refractivity contribution in [1.29, 1.82) is 0 Å². The molecule has 0 bridgehead atoms. The molecule has 1 N–H and O–H groups in total. The van der Waals surface area contributed by atoms with Crippen molar-refractivity contribution < 1.29 is 9.53 Å². The number of hydrogen-bond acceptors (Lipinski definition) is 2. The monoisotopic (exact) mass is 355 g/mol. The lowest BCUT2D eigenvalue weighted by molar-refractivity contribution is -0.120. The van der Waals surface area contributed by atoms with Gasteiger partial charge in [-0.25, -0.2) is 0 Å². The molecular weight excluding hydrogens is 329 g/mol. The first-order valence-corrected chi connectivity index (χ1v) is 7.76. The van der Waals surface area contributed by atoms with Crippen molar-refractivity contribution in [3.8, 4) is 0 Å². The average Bonchev–Trinajstić information content (AvgIpc) is 2.15. The van der Waals surface area contributed by atoms with E-state index in [4.69, 9.17) is 4.74 Å². The number of carbonyl (C=O) groups excluding carboxylic acids is 1. The minimum absolute atomic E-state index is 0.0574. The first kappa shape index (κ1) is 17.2. The molecule has 0 saturated heterocycles. The zero-order valence-corrected chi connectivity index (χ0v) is 13.9. The Morgan fingerprint density at radius 3 is 2.29 bits per heavy atom. The van der Waals surface area contributed by atoms with Crippen molar-refractivity contribution in [2.45, 2.75) is 65.0 Å². The van der Waals surface area contributed by atoms with E-state index >= 15 is 0 Å². The lowest BCUT2D eigenvalue weighted by atomic mass is 10.00. The summed E-state index contributed by atoms with van der Waals surface area (Å²) in [6.07, 6.45) is 3.03. The van der Waals surface area contributed by atoms with Gasteiger partial charge in [0, 0.05) is 12.1 Å². The molecule has 0 heterocycles. The van der Waals surface area contributed by atoms with Crippen molar-refractivity contribution >= 4 is 28.5 Å². The molecule has 102 valence electrons. The van der Waals surface area contributed by atoms with Gasteiger partial charge in [0.25, 0.3) is 0 Å². The van der Waals surface area contributed by atoms with Crippen molar-refractivity contribution in [3.05, 3.63) is 0 Å². The van der Waals surface area contributed by atoms with Gasteiger partial charge in [0.05, 0.1) is 10.0 Å². The van der Waals surface area contributed by atoms with Crippen molar-refractivity contribution in [1.82, 2.24) is 5.32 Å². The fourth-order valence-corrected chi connectivity index (χ4v) is 1.92. The Labute approximate surface area is 119 Å². The quantitative estimate of drug-likeness (QED) is 0.536.